The first-order chi connectivity index (χ1) is 17.4. The Balaban J connectivity index is 1.29. The van der Waals surface area contributed by atoms with Crippen molar-refractivity contribution in [1.29, 1.82) is 0 Å². The van der Waals surface area contributed by atoms with Gasteiger partial charge in [-0.05, 0) is 63.1 Å². The number of hydrogen-bond acceptors (Lipinski definition) is 6. The molecule has 0 amide bonds. The van der Waals surface area contributed by atoms with Gasteiger partial charge in [-0.25, -0.2) is 9.78 Å². The molecule has 0 atom stereocenters. The third kappa shape index (κ3) is 3.92. The average molecular weight is 490 g/mol. The van der Waals surface area contributed by atoms with Crippen LogP contribution in [0.4, 0.5) is 11.5 Å². The van der Waals surface area contributed by atoms with Gasteiger partial charge in [-0.3, -0.25) is 13.9 Å². The molecule has 36 heavy (non-hydrogen) atoms. The van der Waals surface area contributed by atoms with Crippen molar-refractivity contribution in [2.75, 3.05) is 49.2 Å². The number of rotatable bonds is 5. The zero-order valence-electron chi connectivity index (χ0n) is 21.3. The lowest BCUT2D eigenvalue weighted by molar-refractivity contribution is -0.0236. The smallest absolute Gasteiger partial charge is 0.331 e. The van der Waals surface area contributed by atoms with Gasteiger partial charge < -0.3 is 14.5 Å². The van der Waals surface area contributed by atoms with Gasteiger partial charge in [-0.15, -0.1) is 0 Å². The molecule has 8 heteroatoms. The van der Waals surface area contributed by atoms with Crippen molar-refractivity contribution in [3.8, 4) is 0 Å². The Labute approximate surface area is 211 Å². The van der Waals surface area contributed by atoms with Crippen LogP contribution in [-0.4, -0.2) is 59.3 Å². The fraction of sp³-hybridized carbons (Fsp3) is 0.536. The zero-order chi connectivity index (χ0) is 24.9. The average Bonchev–Trinajstić information content (AvgIpc) is 3.15. The van der Waals surface area contributed by atoms with Gasteiger partial charge in [-0.2, -0.15) is 0 Å². The van der Waals surface area contributed by atoms with E-state index in [0.29, 0.717) is 13.2 Å². The van der Waals surface area contributed by atoms with Crippen LogP contribution in [0, 0.1) is 0 Å². The van der Waals surface area contributed by atoms with E-state index in [1.807, 2.05) is 33.4 Å². The molecular weight excluding hydrogens is 454 g/mol. The standard InChI is InChI=1S/C28H35N5O3/c1-20(34)21-6-8-22(9-7-21)30-14-16-31(17-15-30)25-11-10-24-26(29-25)33(28(2)12-4-3-5-13-28)27(35)32(24)23-18-36-19-23/h6-11,23H,3-5,12-19H2,1-2H3. The van der Waals surface area contributed by atoms with Gasteiger partial charge in [0.15, 0.2) is 11.4 Å². The SMILES string of the molecule is CC(=O)c1ccc(N2CCN(c3ccc4c(n3)n(C3(C)CCCCC3)c(=O)n4C3COC3)CC2)cc1. The molecule has 0 bridgehead atoms. The molecule has 1 aliphatic carbocycles. The van der Waals surface area contributed by atoms with Gasteiger partial charge in [0.25, 0.3) is 0 Å². The number of Topliss-reactive ketones (excluding diaryl/α,β-unsaturated/α-hetero) is 1. The fourth-order valence-corrected chi connectivity index (χ4v) is 6.11. The van der Waals surface area contributed by atoms with Crippen molar-refractivity contribution in [1.82, 2.24) is 14.1 Å². The Morgan fingerprint density at radius 3 is 2.22 bits per heavy atom. The van der Waals surface area contributed by atoms with E-state index < -0.39 is 0 Å². The highest BCUT2D eigenvalue weighted by Crippen LogP contribution is 2.37. The summed E-state index contributed by atoms with van der Waals surface area (Å²) in [5.41, 5.74) is 3.49. The number of piperazine rings is 1. The second-order valence-corrected chi connectivity index (χ2v) is 10.8. The number of benzene rings is 1. The summed E-state index contributed by atoms with van der Waals surface area (Å²) in [6.45, 7) is 8.48. The molecule has 0 spiro atoms. The first-order valence-corrected chi connectivity index (χ1v) is 13.3. The van der Waals surface area contributed by atoms with Crippen molar-refractivity contribution >= 4 is 28.5 Å². The molecule has 0 radical (unpaired) electrons. The van der Waals surface area contributed by atoms with Crippen LogP contribution in [0.25, 0.3) is 11.2 Å². The van der Waals surface area contributed by atoms with Crippen LogP contribution in [0.1, 0.15) is 62.4 Å². The third-order valence-electron chi connectivity index (χ3n) is 8.41. The second-order valence-electron chi connectivity index (χ2n) is 10.8. The summed E-state index contributed by atoms with van der Waals surface area (Å²) in [4.78, 5) is 35.2. The Kier molecular flexibility index (Phi) is 5.86. The molecule has 0 unspecified atom stereocenters. The quantitative estimate of drug-likeness (QED) is 0.505. The molecule has 0 N–H and O–H groups in total. The molecule has 6 rings (SSSR count). The van der Waals surface area contributed by atoms with Crippen molar-refractivity contribution in [2.24, 2.45) is 0 Å². The maximum absolute atomic E-state index is 13.8. The van der Waals surface area contributed by atoms with E-state index in [1.54, 1.807) is 6.92 Å². The summed E-state index contributed by atoms with van der Waals surface area (Å²) in [6, 6.07) is 12.1. The first-order valence-electron chi connectivity index (χ1n) is 13.3. The number of ketones is 1. The number of fused-ring (bicyclic) bond motifs is 1. The van der Waals surface area contributed by atoms with E-state index in [9.17, 15) is 9.59 Å². The highest BCUT2D eigenvalue weighted by molar-refractivity contribution is 5.94. The van der Waals surface area contributed by atoms with E-state index in [0.717, 1.165) is 80.1 Å². The normalized spacial score (nSPS) is 20.5. The van der Waals surface area contributed by atoms with E-state index in [-0.39, 0.29) is 23.1 Å². The van der Waals surface area contributed by atoms with Gasteiger partial charge in [-0.1, -0.05) is 19.3 Å². The number of imidazole rings is 1. The molecule has 2 saturated heterocycles. The van der Waals surface area contributed by atoms with E-state index in [2.05, 4.69) is 28.9 Å². The minimum atomic E-state index is -0.195. The number of hydrogen-bond donors (Lipinski definition) is 0. The Morgan fingerprint density at radius 2 is 1.61 bits per heavy atom. The summed E-state index contributed by atoms with van der Waals surface area (Å²) in [5, 5.41) is 0. The van der Waals surface area contributed by atoms with Gasteiger partial charge in [0.05, 0.1) is 24.8 Å². The number of aromatic nitrogens is 3. The van der Waals surface area contributed by atoms with E-state index in [1.165, 1.54) is 6.42 Å². The van der Waals surface area contributed by atoms with E-state index in [4.69, 9.17) is 9.72 Å². The summed E-state index contributed by atoms with van der Waals surface area (Å²) in [5.74, 6) is 1.02. The number of pyridine rings is 1. The summed E-state index contributed by atoms with van der Waals surface area (Å²) < 4.78 is 9.38. The van der Waals surface area contributed by atoms with Gasteiger partial charge >= 0.3 is 5.69 Å². The number of nitrogens with zero attached hydrogens (tertiary/aromatic N) is 5. The molecule has 2 aliphatic heterocycles. The predicted octanol–water partition coefficient (Wildman–Crippen LogP) is 3.98. The van der Waals surface area contributed by atoms with Crippen LogP contribution in [-0.2, 0) is 10.3 Å². The van der Waals surface area contributed by atoms with Crippen molar-refractivity contribution in [3.05, 3.63) is 52.4 Å². The fourth-order valence-electron chi connectivity index (χ4n) is 6.11. The summed E-state index contributed by atoms with van der Waals surface area (Å²) in [6.07, 6.45) is 5.56. The second kappa shape index (κ2) is 9.07. The van der Waals surface area contributed by atoms with Crippen molar-refractivity contribution < 1.29 is 9.53 Å². The van der Waals surface area contributed by atoms with Gasteiger partial charge in [0.1, 0.15) is 5.82 Å². The molecular formula is C28H35N5O3. The maximum Gasteiger partial charge on any atom is 0.331 e. The monoisotopic (exact) mass is 489 g/mol. The molecule has 3 aromatic rings. The first kappa shape index (κ1) is 23.3. The Hall–Kier alpha value is -3.13. The minimum Gasteiger partial charge on any atom is -0.377 e. The lowest BCUT2D eigenvalue weighted by Crippen LogP contribution is -2.47. The highest BCUT2D eigenvalue weighted by atomic mass is 16.5. The Bertz CT molecular complexity index is 1320. The molecule has 4 heterocycles. The summed E-state index contributed by atoms with van der Waals surface area (Å²) in [7, 11) is 0. The molecule has 8 nitrogen and oxygen atoms in total. The minimum absolute atomic E-state index is 0.0613. The maximum atomic E-state index is 13.8. The van der Waals surface area contributed by atoms with Crippen LogP contribution in [0.2, 0.25) is 0 Å². The van der Waals surface area contributed by atoms with Crippen LogP contribution in [0.3, 0.4) is 0 Å². The number of anilines is 2. The van der Waals surface area contributed by atoms with Crippen LogP contribution < -0.4 is 15.5 Å². The van der Waals surface area contributed by atoms with Crippen LogP contribution >= 0.6 is 0 Å². The number of carbonyl (C=O) groups is 1. The third-order valence-corrected chi connectivity index (χ3v) is 8.41. The zero-order valence-corrected chi connectivity index (χ0v) is 21.3. The molecule has 3 aliphatic rings. The predicted molar refractivity (Wildman–Crippen MR) is 141 cm³/mol. The lowest BCUT2D eigenvalue weighted by atomic mass is 9.83. The molecule has 2 aromatic heterocycles. The highest BCUT2D eigenvalue weighted by Gasteiger charge is 2.36. The Morgan fingerprint density at radius 1 is 0.944 bits per heavy atom. The topological polar surface area (TPSA) is 72.6 Å². The molecule has 1 aromatic carbocycles. The molecule has 190 valence electrons. The van der Waals surface area contributed by atoms with Crippen LogP contribution in [0.15, 0.2) is 41.2 Å². The molecule has 1 saturated carbocycles. The van der Waals surface area contributed by atoms with Crippen molar-refractivity contribution in [3.63, 3.8) is 0 Å². The van der Waals surface area contributed by atoms with Gasteiger partial charge in [0.2, 0.25) is 0 Å². The molecule has 3 fully saturated rings. The van der Waals surface area contributed by atoms with Crippen LogP contribution in [0.5, 0.6) is 0 Å². The summed E-state index contributed by atoms with van der Waals surface area (Å²) >= 11 is 0. The largest absolute Gasteiger partial charge is 0.377 e. The van der Waals surface area contributed by atoms with Crippen molar-refractivity contribution in [2.45, 2.75) is 57.5 Å². The van der Waals surface area contributed by atoms with Gasteiger partial charge in [0, 0.05) is 43.0 Å². The lowest BCUT2D eigenvalue weighted by Gasteiger charge is -2.37. The number of carbonyl (C=O) groups excluding carboxylic acids is 1. The van der Waals surface area contributed by atoms with E-state index >= 15 is 0 Å². The number of ether oxygens (including phenoxy) is 1.